The van der Waals surface area contributed by atoms with Crippen LogP contribution >= 0.6 is 11.6 Å². The normalized spacial score (nSPS) is 16.4. The maximum atomic E-state index is 13.1. The molecule has 196 valence electrons. The predicted molar refractivity (Wildman–Crippen MR) is 147 cm³/mol. The number of rotatable bonds is 7. The van der Waals surface area contributed by atoms with E-state index in [1.54, 1.807) is 42.5 Å². The summed E-state index contributed by atoms with van der Waals surface area (Å²) in [6, 6.07) is 15.5. The largest absolute Gasteiger partial charge is 0.454 e. The number of piperidine rings is 1. The van der Waals surface area contributed by atoms with Crippen molar-refractivity contribution >= 4 is 23.3 Å². The number of benzene rings is 2. The first-order valence-corrected chi connectivity index (χ1v) is 12.8. The minimum absolute atomic E-state index is 0.0328. The van der Waals surface area contributed by atoms with Gasteiger partial charge in [-0.3, -0.25) is 14.6 Å². The van der Waals surface area contributed by atoms with Crippen LogP contribution < -0.4 is 15.8 Å². The van der Waals surface area contributed by atoms with Gasteiger partial charge in [0.25, 0.3) is 5.91 Å². The number of hydrogen-bond acceptors (Lipinski definition) is 6. The second-order valence-electron chi connectivity index (χ2n) is 11.1. The van der Waals surface area contributed by atoms with Crippen LogP contribution in [0.5, 0.6) is 11.5 Å². The van der Waals surface area contributed by atoms with Gasteiger partial charge < -0.3 is 15.8 Å². The average Bonchev–Trinajstić information content (AvgIpc) is 2.83. The molecule has 2 aromatic carbocycles. The van der Waals surface area contributed by atoms with E-state index in [4.69, 9.17) is 22.1 Å². The van der Waals surface area contributed by atoms with Crippen LogP contribution in [-0.2, 0) is 0 Å². The summed E-state index contributed by atoms with van der Waals surface area (Å²) in [6.07, 6.45) is 3.78. The highest BCUT2D eigenvalue weighted by atomic mass is 35.5. The number of nitrogens with zero attached hydrogens (tertiary/aromatic N) is 2. The first-order chi connectivity index (χ1) is 17.9. The van der Waals surface area contributed by atoms with Gasteiger partial charge in [-0.15, -0.1) is 0 Å². The van der Waals surface area contributed by atoms with Crippen LogP contribution in [0.2, 0.25) is 5.02 Å². The molecule has 0 aliphatic carbocycles. The molecule has 1 fully saturated rings. The first kappa shape index (κ1) is 27.3. The standard InChI is InChI=1S/C30H31ClN4O3/c1-29(2)14-18(15-30(3,4)35-29)12-25(36)19-9-11-27(23(31)13-19)38-26-7-5-6-21(22(26)16-32)20-8-10-24(28(33)37)34-17-20/h5-11,13,17-18,35H,12,14-15H2,1-4H3,(H2,33,37). The molecule has 2 heterocycles. The van der Waals surface area contributed by atoms with Crippen molar-refractivity contribution in [2.45, 2.75) is 58.0 Å². The molecule has 3 aromatic rings. The van der Waals surface area contributed by atoms with Gasteiger partial charge >= 0.3 is 0 Å². The van der Waals surface area contributed by atoms with E-state index in [0.29, 0.717) is 34.6 Å². The summed E-state index contributed by atoms with van der Waals surface area (Å²) in [4.78, 5) is 28.5. The molecule has 8 heteroatoms. The Morgan fingerprint density at radius 2 is 1.82 bits per heavy atom. The summed E-state index contributed by atoms with van der Waals surface area (Å²) in [6.45, 7) is 8.69. The molecule has 0 bridgehead atoms. The number of nitrogens with one attached hydrogen (secondary N) is 1. The predicted octanol–water partition coefficient (Wildman–Crippen LogP) is 6.29. The van der Waals surface area contributed by atoms with Crippen molar-refractivity contribution in [3.63, 3.8) is 0 Å². The van der Waals surface area contributed by atoms with Gasteiger partial charge in [-0.25, -0.2) is 0 Å². The molecule has 38 heavy (non-hydrogen) atoms. The van der Waals surface area contributed by atoms with E-state index in [1.807, 2.05) is 0 Å². The Hall–Kier alpha value is -3.73. The number of ketones is 1. The molecule has 0 saturated carbocycles. The van der Waals surface area contributed by atoms with E-state index in [1.165, 1.54) is 12.3 Å². The lowest BCUT2D eigenvalue weighted by Crippen LogP contribution is -2.57. The fourth-order valence-corrected chi connectivity index (χ4v) is 5.82. The third-order valence-electron chi connectivity index (χ3n) is 6.69. The quantitative estimate of drug-likeness (QED) is 0.346. The number of hydrogen-bond donors (Lipinski definition) is 2. The number of halogens is 1. The summed E-state index contributed by atoms with van der Waals surface area (Å²) >= 11 is 6.53. The Morgan fingerprint density at radius 3 is 2.39 bits per heavy atom. The third kappa shape index (κ3) is 6.21. The number of Topliss-reactive ketones (excluding diaryl/α,β-unsaturated/α-hetero) is 1. The maximum absolute atomic E-state index is 13.1. The average molecular weight is 531 g/mol. The molecule has 0 unspecified atom stereocenters. The molecule has 0 spiro atoms. The van der Waals surface area contributed by atoms with E-state index in [9.17, 15) is 14.9 Å². The zero-order valence-electron chi connectivity index (χ0n) is 22.0. The molecule has 0 radical (unpaired) electrons. The summed E-state index contributed by atoms with van der Waals surface area (Å²) < 4.78 is 6.03. The van der Waals surface area contributed by atoms with Gasteiger partial charge in [0.2, 0.25) is 0 Å². The summed E-state index contributed by atoms with van der Waals surface area (Å²) in [5, 5.41) is 13.8. The number of carbonyl (C=O) groups excluding carboxylic acids is 2. The Kier molecular flexibility index (Phi) is 7.59. The second-order valence-corrected chi connectivity index (χ2v) is 11.5. The van der Waals surface area contributed by atoms with Crippen molar-refractivity contribution in [3.8, 4) is 28.7 Å². The minimum atomic E-state index is -0.630. The highest BCUT2D eigenvalue weighted by Crippen LogP contribution is 2.38. The molecule has 1 aromatic heterocycles. The Bertz CT molecular complexity index is 1410. The minimum Gasteiger partial charge on any atom is -0.454 e. The Labute approximate surface area is 228 Å². The van der Waals surface area contributed by atoms with Crippen molar-refractivity contribution in [1.82, 2.24) is 10.3 Å². The highest BCUT2D eigenvalue weighted by molar-refractivity contribution is 6.32. The number of pyridine rings is 1. The molecule has 4 rings (SSSR count). The summed E-state index contributed by atoms with van der Waals surface area (Å²) in [5.41, 5.74) is 7.38. The van der Waals surface area contributed by atoms with Crippen LogP contribution in [0.1, 0.15) is 73.4 Å². The van der Waals surface area contributed by atoms with Crippen molar-refractivity contribution in [2.24, 2.45) is 11.7 Å². The number of aromatic nitrogens is 1. The van der Waals surface area contributed by atoms with E-state index >= 15 is 0 Å². The van der Waals surface area contributed by atoms with Gasteiger partial charge in [0.05, 0.1) is 5.02 Å². The zero-order chi connectivity index (χ0) is 27.7. The molecule has 0 atom stereocenters. The zero-order valence-corrected chi connectivity index (χ0v) is 22.7. The van der Waals surface area contributed by atoms with Crippen LogP contribution in [0.4, 0.5) is 0 Å². The number of amides is 1. The molecule has 1 aliphatic heterocycles. The first-order valence-electron chi connectivity index (χ1n) is 12.5. The Morgan fingerprint density at radius 1 is 1.11 bits per heavy atom. The number of primary amides is 1. The maximum Gasteiger partial charge on any atom is 0.267 e. The molecular formula is C30H31ClN4O3. The van der Waals surface area contributed by atoms with Crippen molar-refractivity contribution in [1.29, 1.82) is 5.26 Å². The van der Waals surface area contributed by atoms with Crippen molar-refractivity contribution in [3.05, 3.63) is 76.6 Å². The van der Waals surface area contributed by atoms with E-state index in [2.05, 4.69) is 44.1 Å². The molecule has 1 aliphatic rings. The Balaban J connectivity index is 1.53. The third-order valence-corrected chi connectivity index (χ3v) is 6.98. The van der Waals surface area contributed by atoms with Gasteiger partial charge in [-0.2, -0.15) is 5.26 Å². The van der Waals surface area contributed by atoms with Gasteiger partial charge in [0.1, 0.15) is 28.8 Å². The van der Waals surface area contributed by atoms with Crippen LogP contribution in [0.3, 0.4) is 0 Å². The topological polar surface area (TPSA) is 118 Å². The van der Waals surface area contributed by atoms with E-state index < -0.39 is 5.91 Å². The van der Waals surface area contributed by atoms with Crippen LogP contribution in [0.25, 0.3) is 11.1 Å². The van der Waals surface area contributed by atoms with Crippen molar-refractivity contribution < 1.29 is 14.3 Å². The van der Waals surface area contributed by atoms with Crippen LogP contribution in [-0.4, -0.2) is 27.8 Å². The molecule has 1 saturated heterocycles. The number of nitriles is 1. The fraction of sp³-hybridized carbons (Fsp3) is 0.333. The molecular weight excluding hydrogens is 500 g/mol. The number of nitrogens with two attached hydrogens (primary N) is 1. The van der Waals surface area contributed by atoms with Gasteiger partial charge in [-0.1, -0.05) is 29.8 Å². The van der Waals surface area contributed by atoms with E-state index in [0.717, 1.165) is 12.8 Å². The fourth-order valence-electron chi connectivity index (χ4n) is 5.60. The van der Waals surface area contributed by atoms with Gasteiger partial charge in [0, 0.05) is 40.4 Å². The lowest BCUT2D eigenvalue weighted by Gasteiger charge is -2.46. The lowest BCUT2D eigenvalue weighted by atomic mass is 9.74. The van der Waals surface area contributed by atoms with E-state index in [-0.39, 0.29) is 39.1 Å². The summed E-state index contributed by atoms with van der Waals surface area (Å²) in [5.74, 6) is 0.334. The number of ether oxygens (including phenoxy) is 1. The lowest BCUT2D eigenvalue weighted by molar-refractivity contribution is 0.0863. The van der Waals surface area contributed by atoms with Crippen molar-refractivity contribution in [2.75, 3.05) is 0 Å². The molecule has 3 N–H and O–H groups in total. The SMILES string of the molecule is CC1(C)CC(CC(=O)c2ccc(Oc3cccc(-c4ccc(C(N)=O)nc4)c3C#N)c(Cl)c2)CC(C)(C)N1. The second kappa shape index (κ2) is 10.6. The smallest absolute Gasteiger partial charge is 0.267 e. The monoisotopic (exact) mass is 530 g/mol. The van der Waals surface area contributed by atoms with Gasteiger partial charge in [0.15, 0.2) is 5.78 Å². The van der Waals surface area contributed by atoms with Crippen LogP contribution in [0, 0.1) is 17.2 Å². The van der Waals surface area contributed by atoms with Gasteiger partial charge in [-0.05, 0) is 76.8 Å². The van der Waals surface area contributed by atoms with Crippen LogP contribution in [0.15, 0.2) is 54.7 Å². The molecule has 7 nitrogen and oxygen atoms in total. The number of carbonyl (C=O) groups is 2. The molecule has 1 amide bonds. The summed E-state index contributed by atoms with van der Waals surface area (Å²) in [7, 11) is 0. The highest BCUT2D eigenvalue weighted by Gasteiger charge is 2.38.